The lowest BCUT2D eigenvalue weighted by Gasteiger charge is -2.15. The monoisotopic (exact) mass is 464 g/mol. The fraction of sp³-hybridized carbons (Fsp3) is 0.280. The van der Waals surface area contributed by atoms with E-state index in [1.807, 2.05) is 20.8 Å². The number of benzene rings is 2. The van der Waals surface area contributed by atoms with E-state index in [1.54, 1.807) is 31.2 Å². The van der Waals surface area contributed by atoms with E-state index in [1.165, 1.54) is 19.2 Å². The van der Waals surface area contributed by atoms with Gasteiger partial charge in [-0.15, -0.1) is 0 Å². The number of ether oxygens (including phenoxy) is 1. The van der Waals surface area contributed by atoms with Crippen molar-refractivity contribution < 1.29 is 19.2 Å². The van der Waals surface area contributed by atoms with Gasteiger partial charge < -0.3 is 20.8 Å². The number of carbonyl (C=O) groups excluding carboxylic acids is 2. The van der Waals surface area contributed by atoms with E-state index < -0.39 is 10.8 Å². The van der Waals surface area contributed by atoms with Crippen molar-refractivity contribution in [2.75, 3.05) is 12.4 Å². The topological polar surface area (TPSA) is 140 Å². The van der Waals surface area contributed by atoms with Crippen LogP contribution in [0.25, 0.3) is 22.3 Å². The molecule has 178 valence electrons. The Labute approximate surface area is 197 Å². The van der Waals surface area contributed by atoms with Crippen LogP contribution in [0.2, 0.25) is 0 Å². The molecular formula is C25H28N4O5. The lowest BCUT2D eigenvalue weighted by atomic mass is 9.92. The predicted octanol–water partition coefficient (Wildman–Crippen LogP) is 4.97. The average Bonchev–Trinajstić information content (AvgIpc) is 3.10. The molecule has 0 aliphatic rings. The van der Waals surface area contributed by atoms with Gasteiger partial charge in [0.15, 0.2) is 0 Å². The Balaban J connectivity index is 2.17. The molecule has 9 heteroatoms. The molecule has 3 aromatic rings. The van der Waals surface area contributed by atoms with E-state index in [9.17, 15) is 19.7 Å². The molecule has 34 heavy (non-hydrogen) atoms. The molecule has 9 nitrogen and oxygen atoms in total. The van der Waals surface area contributed by atoms with Crippen molar-refractivity contribution in [1.29, 1.82) is 0 Å². The molecule has 2 amide bonds. The van der Waals surface area contributed by atoms with E-state index in [2.05, 4.69) is 10.3 Å². The van der Waals surface area contributed by atoms with E-state index in [4.69, 9.17) is 10.5 Å². The second kappa shape index (κ2) is 9.78. The third-order valence-electron chi connectivity index (χ3n) is 5.48. The van der Waals surface area contributed by atoms with Gasteiger partial charge in [0.2, 0.25) is 5.91 Å². The summed E-state index contributed by atoms with van der Waals surface area (Å²) < 4.78 is 5.52. The summed E-state index contributed by atoms with van der Waals surface area (Å²) in [6.07, 6.45) is 0.372. The molecule has 1 aromatic heterocycles. The first-order valence-electron chi connectivity index (χ1n) is 10.8. The van der Waals surface area contributed by atoms with Crippen LogP contribution in [0.3, 0.4) is 0 Å². The fourth-order valence-corrected chi connectivity index (χ4v) is 4.00. The Hall–Kier alpha value is -4.14. The van der Waals surface area contributed by atoms with E-state index in [0.29, 0.717) is 45.8 Å². The van der Waals surface area contributed by atoms with E-state index in [0.717, 1.165) is 5.56 Å². The van der Waals surface area contributed by atoms with Crippen LogP contribution < -0.4 is 15.8 Å². The molecule has 0 unspecified atom stereocenters. The maximum absolute atomic E-state index is 12.3. The molecule has 0 fully saturated rings. The number of H-pyrrole nitrogens is 1. The summed E-state index contributed by atoms with van der Waals surface area (Å²) in [6.45, 7) is 7.50. The number of hydrogen-bond acceptors (Lipinski definition) is 5. The van der Waals surface area contributed by atoms with Gasteiger partial charge in [-0.3, -0.25) is 19.7 Å². The van der Waals surface area contributed by atoms with Crippen LogP contribution in [0.1, 0.15) is 42.0 Å². The SMILES string of the molecule is COc1cc(-c2c(C(N)=O)[nH]c(C)c2-c2ccc([N+](=O)[O-])cc2C)ccc1NC(=O)CC(C)C. The highest BCUT2D eigenvalue weighted by molar-refractivity contribution is 6.04. The molecule has 2 aromatic carbocycles. The molecule has 0 saturated heterocycles. The zero-order chi connectivity index (χ0) is 25.2. The quantitative estimate of drug-likeness (QED) is 0.319. The Bertz CT molecular complexity index is 1280. The van der Waals surface area contributed by atoms with Crippen molar-refractivity contribution in [3.8, 4) is 28.0 Å². The van der Waals surface area contributed by atoms with Gasteiger partial charge in [-0.25, -0.2) is 0 Å². The number of anilines is 1. The molecule has 1 heterocycles. The second-order valence-electron chi connectivity index (χ2n) is 8.56. The smallest absolute Gasteiger partial charge is 0.269 e. The Morgan fingerprint density at radius 1 is 1.15 bits per heavy atom. The summed E-state index contributed by atoms with van der Waals surface area (Å²) in [5.41, 5.74) is 10.4. The number of nitrogens with one attached hydrogen (secondary N) is 2. The molecule has 3 rings (SSSR count). The number of nitro groups is 1. The summed E-state index contributed by atoms with van der Waals surface area (Å²) in [4.78, 5) is 38.4. The molecule has 0 aliphatic heterocycles. The number of primary amides is 1. The maximum Gasteiger partial charge on any atom is 0.269 e. The van der Waals surface area contributed by atoms with Gasteiger partial charge in [0.05, 0.1) is 17.7 Å². The normalized spacial score (nSPS) is 10.9. The molecule has 4 N–H and O–H groups in total. The Morgan fingerprint density at radius 2 is 1.85 bits per heavy atom. The molecular weight excluding hydrogens is 436 g/mol. The number of aryl methyl sites for hydroxylation is 2. The van der Waals surface area contributed by atoms with Gasteiger partial charge in [0.1, 0.15) is 11.4 Å². The predicted molar refractivity (Wildman–Crippen MR) is 131 cm³/mol. The number of amides is 2. The lowest BCUT2D eigenvalue weighted by Crippen LogP contribution is -2.14. The minimum Gasteiger partial charge on any atom is -0.495 e. The zero-order valence-corrected chi connectivity index (χ0v) is 19.8. The highest BCUT2D eigenvalue weighted by atomic mass is 16.6. The number of rotatable bonds is 8. The van der Waals surface area contributed by atoms with Crippen molar-refractivity contribution in [3.63, 3.8) is 0 Å². The third-order valence-corrected chi connectivity index (χ3v) is 5.48. The first kappa shape index (κ1) is 24.5. The van der Waals surface area contributed by atoms with Gasteiger partial charge in [0, 0.05) is 35.4 Å². The van der Waals surface area contributed by atoms with Gasteiger partial charge >= 0.3 is 0 Å². The van der Waals surface area contributed by atoms with Gasteiger partial charge in [-0.05, 0) is 54.7 Å². The van der Waals surface area contributed by atoms with Crippen molar-refractivity contribution in [2.24, 2.45) is 11.7 Å². The number of nitro benzene ring substituents is 1. The highest BCUT2D eigenvalue weighted by Crippen LogP contribution is 2.42. The van der Waals surface area contributed by atoms with Crippen LogP contribution >= 0.6 is 0 Å². The Morgan fingerprint density at radius 3 is 2.41 bits per heavy atom. The van der Waals surface area contributed by atoms with Crippen LogP contribution in [0, 0.1) is 29.9 Å². The second-order valence-corrected chi connectivity index (χ2v) is 8.56. The number of nitrogens with zero attached hydrogens (tertiary/aromatic N) is 1. The number of hydrogen-bond donors (Lipinski definition) is 3. The summed E-state index contributed by atoms with van der Waals surface area (Å²) in [7, 11) is 1.50. The largest absolute Gasteiger partial charge is 0.495 e. The van der Waals surface area contributed by atoms with Crippen LogP contribution in [-0.2, 0) is 4.79 Å². The average molecular weight is 465 g/mol. The number of non-ortho nitro benzene ring substituents is 1. The molecule has 0 atom stereocenters. The summed E-state index contributed by atoms with van der Waals surface area (Å²) in [6, 6.07) is 9.79. The highest BCUT2D eigenvalue weighted by Gasteiger charge is 2.24. The van der Waals surface area contributed by atoms with Crippen molar-refractivity contribution >= 4 is 23.2 Å². The number of aromatic nitrogens is 1. The van der Waals surface area contributed by atoms with E-state index in [-0.39, 0.29) is 23.2 Å². The van der Waals surface area contributed by atoms with Gasteiger partial charge in [-0.2, -0.15) is 0 Å². The number of aromatic amines is 1. The minimum atomic E-state index is -0.641. The molecule has 0 aliphatic carbocycles. The van der Waals surface area contributed by atoms with Crippen LogP contribution in [0.15, 0.2) is 36.4 Å². The maximum atomic E-state index is 12.3. The summed E-state index contributed by atoms with van der Waals surface area (Å²) in [5, 5.41) is 14.0. The van der Waals surface area contributed by atoms with E-state index >= 15 is 0 Å². The van der Waals surface area contributed by atoms with Crippen LogP contribution in [0.5, 0.6) is 5.75 Å². The third kappa shape index (κ3) is 4.93. The molecule has 0 saturated carbocycles. The number of carbonyl (C=O) groups is 2. The van der Waals surface area contributed by atoms with Crippen molar-refractivity contribution in [3.05, 3.63) is 63.5 Å². The van der Waals surface area contributed by atoms with Crippen molar-refractivity contribution in [2.45, 2.75) is 34.1 Å². The molecule has 0 bridgehead atoms. The van der Waals surface area contributed by atoms with Gasteiger partial charge in [0.25, 0.3) is 11.6 Å². The fourth-order valence-electron chi connectivity index (χ4n) is 4.00. The number of methoxy groups -OCH3 is 1. The summed E-state index contributed by atoms with van der Waals surface area (Å²) >= 11 is 0. The summed E-state index contributed by atoms with van der Waals surface area (Å²) in [5.74, 6) is -0.135. The minimum absolute atomic E-state index is 0.0192. The zero-order valence-electron chi connectivity index (χ0n) is 19.8. The first-order valence-corrected chi connectivity index (χ1v) is 10.8. The molecule has 0 radical (unpaired) electrons. The standard InChI is InChI=1S/C25H28N4O5/c1-13(2)10-21(30)28-19-9-6-16(12-20(19)34-5)23-22(15(4)27-24(23)25(26)31)18-8-7-17(29(32)33)11-14(18)3/h6-9,11-13,27H,10H2,1-5H3,(H2,26,31)(H,28,30). The molecule has 0 spiro atoms. The lowest BCUT2D eigenvalue weighted by molar-refractivity contribution is -0.384. The van der Waals surface area contributed by atoms with Crippen molar-refractivity contribution in [1.82, 2.24) is 4.98 Å². The Kier molecular flexibility index (Phi) is 7.05. The number of nitrogens with two attached hydrogens (primary N) is 1. The van der Waals surface area contributed by atoms with Crippen LogP contribution in [-0.4, -0.2) is 28.8 Å². The van der Waals surface area contributed by atoms with Crippen LogP contribution in [0.4, 0.5) is 11.4 Å². The van der Waals surface area contributed by atoms with Gasteiger partial charge in [-0.1, -0.05) is 19.9 Å². The first-order chi connectivity index (χ1) is 16.0.